The summed E-state index contributed by atoms with van der Waals surface area (Å²) in [6.07, 6.45) is 8.89. The van der Waals surface area contributed by atoms with E-state index in [0.29, 0.717) is 23.2 Å². The summed E-state index contributed by atoms with van der Waals surface area (Å²) in [5, 5.41) is 5.10. The molecule has 0 spiro atoms. The molecule has 1 unspecified atom stereocenters. The zero-order chi connectivity index (χ0) is 27.2. The summed E-state index contributed by atoms with van der Waals surface area (Å²) in [5.74, 6) is 0.528. The summed E-state index contributed by atoms with van der Waals surface area (Å²) >= 11 is 1.32. The number of hydrogen-bond acceptors (Lipinski definition) is 8. The zero-order valence-corrected chi connectivity index (χ0v) is 23.1. The number of nitrogens with one attached hydrogen (secondary N) is 1. The fraction of sp³-hybridized carbons (Fsp3) is 0.407. The highest BCUT2D eigenvalue weighted by atomic mass is 32.2. The maximum absolute atomic E-state index is 13.3. The number of thiazole rings is 1. The number of amides is 2. The third-order valence-corrected chi connectivity index (χ3v) is 9.67. The van der Waals surface area contributed by atoms with Crippen molar-refractivity contribution in [2.75, 3.05) is 25.0 Å². The van der Waals surface area contributed by atoms with Gasteiger partial charge in [0, 0.05) is 30.7 Å². The van der Waals surface area contributed by atoms with Crippen molar-refractivity contribution in [3.63, 3.8) is 0 Å². The molecule has 12 heteroatoms. The summed E-state index contributed by atoms with van der Waals surface area (Å²) in [6.45, 7) is -0.123. The predicted molar refractivity (Wildman–Crippen MR) is 147 cm³/mol. The van der Waals surface area contributed by atoms with Crippen LogP contribution >= 0.6 is 11.3 Å². The van der Waals surface area contributed by atoms with Gasteiger partial charge in [0.1, 0.15) is 16.7 Å². The van der Waals surface area contributed by atoms with Crippen molar-refractivity contribution in [1.29, 1.82) is 0 Å². The minimum absolute atomic E-state index is 0.0237. The molecule has 10 nitrogen and oxygen atoms in total. The molecular formula is C27H31N5O5S2. The van der Waals surface area contributed by atoms with Crippen LogP contribution in [0.2, 0.25) is 0 Å². The van der Waals surface area contributed by atoms with E-state index in [-0.39, 0.29) is 36.3 Å². The molecule has 3 aromatic rings. The van der Waals surface area contributed by atoms with Crippen molar-refractivity contribution in [2.24, 2.45) is 5.92 Å². The van der Waals surface area contributed by atoms with Crippen molar-refractivity contribution < 1.29 is 22.7 Å². The average molecular weight is 570 g/mol. The van der Waals surface area contributed by atoms with Gasteiger partial charge >= 0.3 is 0 Å². The lowest BCUT2D eigenvalue weighted by Gasteiger charge is -2.39. The fourth-order valence-corrected chi connectivity index (χ4v) is 6.98. The summed E-state index contributed by atoms with van der Waals surface area (Å²) in [7, 11) is -3.96. The van der Waals surface area contributed by atoms with Crippen LogP contribution in [0.5, 0.6) is 11.6 Å². The Hall–Kier alpha value is -3.35. The van der Waals surface area contributed by atoms with E-state index < -0.39 is 22.0 Å². The molecule has 5 rings (SSSR count). The van der Waals surface area contributed by atoms with Gasteiger partial charge in [-0.25, -0.2) is 18.4 Å². The molecule has 2 fully saturated rings. The van der Waals surface area contributed by atoms with Crippen molar-refractivity contribution in [3.8, 4) is 11.6 Å². The molecule has 1 N–H and O–H groups in total. The van der Waals surface area contributed by atoms with Crippen LogP contribution in [0.1, 0.15) is 38.5 Å². The van der Waals surface area contributed by atoms with Crippen LogP contribution in [-0.2, 0) is 19.6 Å². The molecule has 2 aliphatic rings. The number of ether oxygens (including phenoxy) is 1. The zero-order valence-electron chi connectivity index (χ0n) is 21.4. The van der Waals surface area contributed by atoms with Crippen molar-refractivity contribution in [2.45, 2.75) is 49.5 Å². The van der Waals surface area contributed by atoms with Gasteiger partial charge in [-0.2, -0.15) is 4.31 Å². The summed E-state index contributed by atoms with van der Waals surface area (Å²) < 4.78 is 33.5. The van der Waals surface area contributed by atoms with E-state index in [2.05, 4.69) is 15.3 Å². The van der Waals surface area contributed by atoms with E-state index in [1.54, 1.807) is 28.6 Å². The van der Waals surface area contributed by atoms with Gasteiger partial charge < -0.3 is 15.0 Å². The third kappa shape index (κ3) is 6.63. The van der Waals surface area contributed by atoms with Gasteiger partial charge in [-0.3, -0.25) is 9.59 Å². The highest BCUT2D eigenvalue weighted by Gasteiger charge is 2.39. The molecule has 0 radical (unpaired) electrons. The Balaban J connectivity index is 1.27. The molecule has 2 aromatic heterocycles. The molecule has 3 heterocycles. The lowest BCUT2D eigenvalue weighted by molar-refractivity contribution is -0.142. The topological polar surface area (TPSA) is 122 Å². The Kier molecular flexibility index (Phi) is 8.53. The van der Waals surface area contributed by atoms with Gasteiger partial charge in [0.2, 0.25) is 27.7 Å². The van der Waals surface area contributed by atoms with Crippen LogP contribution in [0, 0.1) is 5.92 Å². The number of nitrogens with zero attached hydrogens (tertiary/aromatic N) is 4. The van der Waals surface area contributed by atoms with E-state index in [4.69, 9.17) is 4.74 Å². The Bertz CT molecular complexity index is 1360. The first-order chi connectivity index (χ1) is 18.9. The number of sulfonamides is 1. The van der Waals surface area contributed by atoms with E-state index >= 15 is 0 Å². The van der Waals surface area contributed by atoms with Crippen LogP contribution in [0.25, 0.3) is 0 Å². The molecule has 1 aliphatic heterocycles. The fourth-order valence-electron chi connectivity index (χ4n) is 5.13. The van der Waals surface area contributed by atoms with Crippen LogP contribution in [-0.4, -0.2) is 65.1 Å². The quantitative estimate of drug-likeness (QED) is 0.411. The predicted octanol–water partition coefficient (Wildman–Crippen LogP) is 4.14. The largest absolute Gasteiger partial charge is 0.439 e. The average Bonchev–Trinajstić information content (AvgIpc) is 3.46. The van der Waals surface area contributed by atoms with Crippen LogP contribution in [0.3, 0.4) is 0 Å². The first-order valence-electron chi connectivity index (χ1n) is 13.1. The van der Waals surface area contributed by atoms with Crippen LogP contribution < -0.4 is 10.1 Å². The van der Waals surface area contributed by atoms with Gasteiger partial charge in [0.05, 0.1) is 12.7 Å². The smallest absolute Gasteiger partial charge is 0.248 e. The second-order valence-corrected chi connectivity index (χ2v) is 12.6. The number of benzene rings is 1. The van der Waals surface area contributed by atoms with Crippen molar-refractivity contribution in [1.82, 2.24) is 19.2 Å². The Morgan fingerprint density at radius 3 is 2.54 bits per heavy atom. The molecule has 1 aliphatic carbocycles. The highest BCUT2D eigenvalue weighted by Crippen LogP contribution is 2.30. The molecule has 0 bridgehead atoms. The molecule has 1 saturated carbocycles. The summed E-state index contributed by atoms with van der Waals surface area (Å²) in [6, 6.07) is 11.3. The molecule has 1 aromatic carbocycles. The van der Waals surface area contributed by atoms with Gasteiger partial charge in [-0.05, 0) is 30.5 Å². The second-order valence-electron chi connectivity index (χ2n) is 9.76. The minimum atomic E-state index is -3.96. The first-order valence-corrected chi connectivity index (χ1v) is 15.4. The summed E-state index contributed by atoms with van der Waals surface area (Å²) in [4.78, 5) is 36.4. The van der Waals surface area contributed by atoms with E-state index in [0.717, 1.165) is 30.0 Å². The van der Waals surface area contributed by atoms with Gasteiger partial charge in [-0.1, -0.05) is 50.3 Å². The molecule has 206 valence electrons. The molecular weight excluding hydrogens is 538 g/mol. The standard InChI is InChI=1S/C27H31N5O5S2/c33-25-19-31(39(35,36)22-11-12-24(29-18-22)37-21-9-5-2-6-10-21)14-15-32(25)23(17-20-7-3-1-4-8-20)26(34)30-27-28-13-16-38-27/h2,5-6,9-13,16,18,20,23H,1,3-4,7-8,14-15,17,19H2,(H,28,30,34). The van der Waals surface area contributed by atoms with E-state index in [1.807, 2.05) is 18.2 Å². The number of pyridine rings is 1. The minimum Gasteiger partial charge on any atom is -0.439 e. The van der Waals surface area contributed by atoms with Gasteiger partial charge in [0.25, 0.3) is 0 Å². The van der Waals surface area contributed by atoms with Crippen LogP contribution in [0.15, 0.2) is 65.1 Å². The van der Waals surface area contributed by atoms with Crippen molar-refractivity contribution in [3.05, 3.63) is 60.2 Å². The number of para-hydroxylation sites is 1. The highest BCUT2D eigenvalue weighted by molar-refractivity contribution is 7.89. The normalized spacial score (nSPS) is 18.1. The maximum atomic E-state index is 13.3. The molecule has 39 heavy (non-hydrogen) atoms. The van der Waals surface area contributed by atoms with E-state index in [1.165, 1.54) is 36.1 Å². The number of carbonyl (C=O) groups is 2. The lowest BCUT2D eigenvalue weighted by atomic mass is 9.84. The number of piperazine rings is 1. The number of anilines is 1. The van der Waals surface area contributed by atoms with Gasteiger partial charge in [0.15, 0.2) is 5.13 Å². The number of hydrogen-bond donors (Lipinski definition) is 1. The van der Waals surface area contributed by atoms with Gasteiger partial charge in [-0.15, -0.1) is 11.3 Å². The summed E-state index contributed by atoms with van der Waals surface area (Å²) in [5.41, 5.74) is 0. The second kappa shape index (κ2) is 12.2. The Morgan fingerprint density at radius 1 is 1.08 bits per heavy atom. The number of aromatic nitrogens is 2. The monoisotopic (exact) mass is 569 g/mol. The molecule has 1 atom stereocenters. The Morgan fingerprint density at radius 2 is 1.87 bits per heavy atom. The van der Waals surface area contributed by atoms with Crippen LogP contribution in [0.4, 0.5) is 5.13 Å². The molecule has 2 amide bonds. The van der Waals surface area contributed by atoms with E-state index in [9.17, 15) is 18.0 Å². The molecule has 1 saturated heterocycles. The third-order valence-electron chi connectivity index (χ3n) is 7.16. The maximum Gasteiger partial charge on any atom is 0.248 e. The first kappa shape index (κ1) is 27.2. The SMILES string of the molecule is O=C(Nc1nccs1)C(CC1CCCCC1)N1CCN(S(=O)(=O)c2ccc(Oc3ccccc3)nc2)CC1=O. The lowest BCUT2D eigenvalue weighted by Crippen LogP contribution is -2.58. The Labute approximate surface area is 232 Å². The number of rotatable bonds is 9. The number of carbonyl (C=O) groups excluding carboxylic acids is 2. The van der Waals surface area contributed by atoms with Crippen molar-refractivity contribution >= 4 is 38.3 Å².